The van der Waals surface area contributed by atoms with Crippen LogP contribution in [0.3, 0.4) is 0 Å². The van der Waals surface area contributed by atoms with Gasteiger partial charge in [0.25, 0.3) is 0 Å². The van der Waals surface area contributed by atoms with Gasteiger partial charge in [0.2, 0.25) is 0 Å². The summed E-state index contributed by atoms with van der Waals surface area (Å²) in [6, 6.07) is 10.3. The lowest BCUT2D eigenvalue weighted by Crippen LogP contribution is -2.20. The lowest BCUT2D eigenvalue weighted by Gasteiger charge is -2.29. The summed E-state index contributed by atoms with van der Waals surface area (Å²) >= 11 is 0. The van der Waals surface area contributed by atoms with Crippen molar-refractivity contribution in [2.45, 2.75) is 83.2 Å². The van der Waals surface area contributed by atoms with Crippen LogP contribution in [0.4, 0.5) is 26.3 Å². The second-order valence-electron chi connectivity index (χ2n) is 10.5. The molecule has 0 atom stereocenters. The number of hydrogen-bond acceptors (Lipinski definition) is 1. The zero-order valence-corrected chi connectivity index (χ0v) is 21.7. The van der Waals surface area contributed by atoms with Crippen molar-refractivity contribution < 1.29 is 31.1 Å². The van der Waals surface area contributed by atoms with E-state index in [0.717, 1.165) is 43.2 Å². The highest BCUT2D eigenvalue weighted by atomic mass is 19.4. The first-order valence-corrected chi connectivity index (χ1v) is 13.6. The first kappa shape index (κ1) is 28.3. The van der Waals surface area contributed by atoms with Crippen molar-refractivity contribution in [3.63, 3.8) is 0 Å². The lowest BCUT2D eigenvalue weighted by molar-refractivity contribution is -0.154. The molecule has 0 unspecified atom stereocenters. The van der Waals surface area contributed by atoms with Crippen LogP contribution in [0, 0.1) is 23.4 Å². The molecule has 0 spiro atoms. The van der Waals surface area contributed by atoms with Gasteiger partial charge in [0.15, 0.2) is 24.0 Å². The molecule has 0 aromatic heterocycles. The SMILES string of the molecule is CCCCCCCC1CCC(c2ccc(-c3ccc4c(F)c(OCC(F)(F)F)c(F)cc4c3)c(F)c2)CC1. The van der Waals surface area contributed by atoms with Crippen molar-refractivity contribution in [3.8, 4) is 16.9 Å². The fourth-order valence-electron chi connectivity index (χ4n) is 5.61. The molecule has 38 heavy (non-hydrogen) atoms. The summed E-state index contributed by atoms with van der Waals surface area (Å²) in [6.45, 7) is 0.419. The van der Waals surface area contributed by atoms with E-state index in [1.165, 1.54) is 56.7 Å². The van der Waals surface area contributed by atoms with E-state index in [4.69, 9.17) is 0 Å². The fraction of sp³-hybridized carbons (Fsp3) is 0.484. The molecule has 1 fully saturated rings. The van der Waals surface area contributed by atoms with E-state index in [1.54, 1.807) is 12.1 Å². The van der Waals surface area contributed by atoms with Gasteiger partial charge in [-0.3, -0.25) is 0 Å². The number of fused-ring (bicyclic) bond motifs is 1. The molecule has 0 aliphatic heterocycles. The van der Waals surface area contributed by atoms with Crippen LogP contribution in [0.25, 0.3) is 21.9 Å². The number of hydrogen-bond donors (Lipinski definition) is 0. The zero-order valence-electron chi connectivity index (χ0n) is 21.7. The van der Waals surface area contributed by atoms with E-state index in [2.05, 4.69) is 11.7 Å². The van der Waals surface area contributed by atoms with Crippen LogP contribution >= 0.6 is 0 Å². The Bertz CT molecular complexity index is 1230. The molecule has 1 nitrogen and oxygen atoms in total. The van der Waals surface area contributed by atoms with Crippen LogP contribution in [-0.2, 0) is 0 Å². The number of alkyl halides is 3. The van der Waals surface area contributed by atoms with Gasteiger partial charge in [0.05, 0.1) is 0 Å². The third-order valence-corrected chi connectivity index (χ3v) is 7.70. The maximum Gasteiger partial charge on any atom is 0.422 e. The molecule has 3 aromatic rings. The van der Waals surface area contributed by atoms with E-state index < -0.39 is 36.0 Å². The van der Waals surface area contributed by atoms with Gasteiger partial charge in [0.1, 0.15) is 5.82 Å². The molecule has 206 valence electrons. The predicted octanol–water partition coefficient (Wildman–Crippen LogP) is 10.5. The maximum atomic E-state index is 15.2. The summed E-state index contributed by atoms with van der Waals surface area (Å²) in [5, 5.41) is -0.000159. The highest BCUT2D eigenvalue weighted by molar-refractivity contribution is 5.89. The highest BCUT2D eigenvalue weighted by Gasteiger charge is 2.30. The van der Waals surface area contributed by atoms with E-state index in [1.807, 2.05) is 6.07 Å². The molecule has 4 rings (SSSR count). The molecule has 0 radical (unpaired) electrons. The topological polar surface area (TPSA) is 9.23 Å². The standard InChI is InChI=1S/C31H34F6O/c1-2-3-4-5-6-7-20-8-10-21(11-9-20)22-12-14-25(27(32)17-22)23-13-15-26-24(16-23)18-28(33)30(29(26)34)38-19-31(35,36)37/h12-18,20-21H,2-11,19H2,1H3. The van der Waals surface area contributed by atoms with Crippen molar-refractivity contribution in [2.75, 3.05) is 6.61 Å². The number of halogens is 6. The Morgan fingerprint density at radius 1 is 0.816 bits per heavy atom. The minimum absolute atomic E-state index is 0.105. The smallest absolute Gasteiger partial charge is 0.422 e. The van der Waals surface area contributed by atoms with Crippen LogP contribution in [0.5, 0.6) is 5.75 Å². The summed E-state index contributed by atoms with van der Waals surface area (Å²) in [4.78, 5) is 0. The Balaban J connectivity index is 1.44. The largest absolute Gasteiger partial charge is 0.478 e. The molecule has 1 saturated carbocycles. The van der Waals surface area contributed by atoms with Crippen molar-refractivity contribution >= 4 is 10.8 Å². The van der Waals surface area contributed by atoms with Gasteiger partial charge in [-0.2, -0.15) is 13.2 Å². The van der Waals surface area contributed by atoms with Crippen LogP contribution in [0.1, 0.15) is 82.6 Å². The normalized spacial score (nSPS) is 18.2. The Kier molecular flexibility index (Phi) is 9.27. The van der Waals surface area contributed by atoms with Crippen molar-refractivity contribution in [1.82, 2.24) is 0 Å². The molecule has 0 amide bonds. The first-order valence-electron chi connectivity index (χ1n) is 13.6. The minimum Gasteiger partial charge on any atom is -0.478 e. The van der Waals surface area contributed by atoms with E-state index in [0.29, 0.717) is 17.0 Å². The number of unbranched alkanes of at least 4 members (excludes halogenated alkanes) is 4. The molecule has 0 saturated heterocycles. The number of ether oxygens (including phenoxy) is 1. The van der Waals surface area contributed by atoms with E-state index in [9.17, 15) is 22.0 Å². The number of rotatable bonds is 10. The van der Waals surface area contributed by atoms with Gasteiger partial charge in [-0.1, -0.05) is 69.7 Å². The molecule has 1 aliphatic rings. The molecule has 1 aliphatic carbocycles. The molecule has 3 aromatic carbocycles. The molecule has 0 bridgehead atoms. The summed E-state index contributed by atoms with van der Waals surface area (Å²) in [7, 11) is 0. The van der Waals surface area contributed by atoms with Crippen LogP contribution in [0.2, 0.25) is 0 Å². The molecular formula is C31H34F6O. The molecule has 0 N–H and O–H groups in total. The molecule has 0 heterocycles. The Morgan fingerprint density at radius 3 is 2.24 bits per heavy atom. The Labute approximate surface area is 220 Å². The van der Waals surface area contributed by atoms with Crippen LogP contribution in [-0.4, -0.2) is 12.8 Å². The van der Waals surface area contributed by atoms with Gasteiger partial charge in [-0.25, -0.2) is 13.2 Å². The highest BCUT2D eigenvalue weighted by Crippen LogP contribution is 2.40. The maximum absolute atomic E-state index is 15.2. The van der Waals surface area contributed by atoms with E-state index in [-0.39, 0.29) is 10.8 Å². The fourth-order valence-corrected chi connectivity index (χ4v) is 5.61. The lowest BCUT2D eigenvalue weighted by atomic mass is 9.77. The predicted molar refractivity (Wildman–Crippen MR) is 139 cm³/mol. The third-order valence-electron chi connectivity index (χ3n) is 7.70. The number of benzene rings is 3. The van der Waals surface area contributed by atoms with Crippen molar-refractivity contribution in [3.05, 3.63) is 65.5 Å². The molecule has 7 heteroatoms. The van der Waals surface area contributed by atoms with Crippen LogP contribution in [0.15, 0.2) is 42.5 Å². The third kappa shape index (κ3) is 7.03. The van der Waals surface area contributed by atoms with Gasteiger partial charge >= 0.3 is 6.18 Å². The van der Waals surface area contributed by atoms with Crippen molar-refractivity contribution in [1.29, 1.82) is 0 Å². The average Bonchev–Trinajstić information content (AvgIpc) is 2.88. The quantitative estimate of drug-likeness (QED) is 0.185. The summed E-state index contributed by atoms with van der Waals surface area (Å²) < 4.78 is 85.9. The van der Waals surface area contributed by atoms with E-state index >= 15 is 4.39 Å². The second kappa shape index (κ2) is 12.4. The van der Waals surface area contributed by atoms with Gasteiger partial charge in [0, 0.05) is 10.9 Å². The van der Waals surface area contributed by atoms with Gasteiger partial charge in [-0.05, 0) is 72.2 Å². The zero-order chi connectivity index (χ0) is 27.3. The van der Waals surface area contributed by atoms with Crippen molar-refractivity contribution in [2.24, 2.45) is 5.92 Å². The summed E-state index contributed by atoms with van der Waals surface area (Å²) in [6.07, 6.45) is 7.45. The monoisotopic (exact) mass is 536 g/mol. The minimum atomic E-state index is -4.73. The van der Waals surface area contributed by atoms with Crippen LogP contribution < -0.4 is 4.74 Å². The Hall–Kier alpha value is -2.70. The average molecular weight is 537 g/mol. The Morgan fingerprint density at radius 2 is 1.55 bits per heavy atom. The first-order chi connectivity index (χ1) is 18.2. The second-order valence-corrected chi connectivity index (χ2v) is 10.5. The van der Waals surface area contributed by atoms with Gasteiger partial charge < -0.3 is 4.74 Å². The summed E-state index contributed by atoms with van der Waals surface area (Å²) in [5.74, 6) is -2.87. The summed E-state index contributed by atoms with van der Waals surface area (Å²) in [5.41, 5.74) is 1.70. The van der Waals surface area contributed by atoms with Gasteiger partial charge in [-0.15, -0.1) is 0 Å². The molecular weight excluding hydrogens is 502 g/mol.